The van der Waals surface area contributed by atoms with Crippen molar-refractivity contribution in [1.82, 2.24) is 5.32 Å². The molecule has 3 heteroatoms. The van der Waals surface area contributed by atoms with Crippen molar-refractivity contribution in [3.8, 4) is 0 Å². The van der Waals surface area contributed by atoms with Crippen LogP contribution in [0, 0.1) is 0 Å². The Kier molecular flexibility index (Phi) is 3.09. The van der Waals surface area contributed by atoms with E-state index in [2.05, 4.69) is 30.4 Å². The van der Waals surface area contributed by atoms with Crippen molar-refractivity contribution in [2.45, 2.75) is 51.1 Å². The molecule has 1 aromatic carbocycles. The van der Waals surface area contributed by atoms with Gasteiger partial charge in [0, 0.05) is 11.7 Å². The summed E-state index contributed by atoms with van der Waals surface area (Å²) in [4.78, 5) is 15.0. The van der Waals surface area contributed by atoms with Gasteiger partial charge in [0.15, 0.2) is 0 Å². The molecule has 1 N–H and O–H groups in total. The van der Waals surface area contributed by atoms with E-state index >= 15 is 0 Å². The lowest BCUT2D eigenvalue weighted by molar-refractivity contribution is -0.124. The molecule has 0 radical (unpaired) electrons. The maximum absolute atomic E-state index is 13.0. The van der Waals surface area contributed by atoms with Crippen LogP contribution in [0.25, 0.3) is 0 Å². The monoisotopic (exact) mass is 258 g/mol. The van der Waals surface area contributed by atoms with Crippen LogP contribution in [-0.4, -0.2) is 24.0 Å². The third-order valence-corrected chi connectivity index (χ3v) is 4.58. The molecule has 1 fully saturated rings. The highest BCUT2D eigenvalue weighted by Crippen LogP contribution is 2.34. The SMILES string of the molecule is CC1CCc2ccccc2N1C(=O)C1(C)CCCN1. The van der Waals surface area contributed by atoms with E-state index in [1.807, 2.05) is 17.9 Å². The molecule has 0 aliphatic carbocycles. The van der Waals surface area contributed by atoms with Gasteiger partial charge in [-0.1, -0.05) is 18.2 Å². The largest absolute Gasteiger partial charge is 0.308 e. The fourth-order valence-electron chi connectivity index (χ4n) is 3.34. The first-order valence-corrected chi connectivity index (χ1v) is 7.28. The summed E-state index contributed by atoms with van der Waals surface area (Å²) in [5.41, 5.74) is 2.04. The maximum atomic E-state index is 13.0. The molecule has 0 saturated carbocycles. The molecular weight excluding hydrogens is 236 g/mol. The molecule has 2 heterocycles. The van der Waals surface area contributed by atoms with E-state index in [4.69, 9.17) is 0 Å². The molecular formula is C16H22N2O. The number of carbonyl (C=O) groups excluding carboxylic acids is 1. The third kappa shape index (κ3) is 2.06. The number of aryl methyl sites for hydroxylation is 1. The Bertz CT molecular complexity index is 491. The lowest BCUT2D eigenvalue weighted by Crippen LogP contribution is -2.56. The molecule has 3 nitrogen and oxygen atoms in total. The van der Waals surface area contributed by atoms with Gasteiger partial charge in [0.05, 0.1) is 5.54 Å². The highest BCUT2D eigenvalue weighted by molar-refractivity contribution is 6.01. The fraction of sp³-hybridized carbons (Fsp3) is 0.562. The van der Waals surface area contributed by atoms with Gasteiger partial charge in [0.2, 0.25) is 5.91 Å². The molecule has 0 aromatic heterocycles. The van der Waals surface area contributed by atoms with Crippen LogP contribution in [0.15, 0.2) is 24.3 Å². The molecule has 19 heavy (non-hydrogen) atoms. The third-order valence-electron chi connectivity index (χ3n) is 4.58. The second kappa shape index (κ2) is 4.64. The van der Waals surface area contributed by atoms with Crippen molar-refractivity contribution in [2.75, 3.05) is 11.4 Å². The average molecular weight is 258 g/mol. The van der Waals surface area contributed by atoms with Gasteiger partial charge in [-0.2, -0.15) is 0 Å². The van der Waals surface area contributed by atoms with Crippen molar-refractivity contribution >= 4 is 11.6 Å². The zero-order valence-corrected chi connectivity index (χ0v) is 11.8. The number of fused-ring (bicyclic) bond motifs is 1. The van der Waals surface area contributed by atoms with Gasteiger partial charge in [-0.05, 0) is 57.7 Å². The number of nitrogens with zero attached hydrogens (tertiary/aromatic N) is 1. The molecule has 3 rings (SSSR count). The number of hydrogen-bond donors (Lipinski definition) is 1. The van der Waals surface area contributed by atoms with E-state index in [-0.39, 0.29) is 11.4 Å². The van der Waals surface area contributed by atoms with E-state index in [0.29, 0.717) is 6.04 Å². The number of rotatable bonds is 1. The summed E-state index contributed by atoms with van der Waals surface area (Å²) >= 11 is 0. The molecule has 0 bridgehead atoms. The number of amides is 1. The number of anilines is 1. The predicted octanol–water partition coefficient (Wildman–Crippen LogP) is 2.50. The number of hydrogen-bond acceptors (Lipinski definition) is 2. The summed E-state index contributed by atoms with van der Waals surface area (Å²) in [7, 11) is 0. The van der Waals surface area contributed by atoms with Crippen LogP contribution >= 0.6 is 0 Å². The van der Waals surface area contributed by atoms with Gasteiger partial charge in [0.1, 0.15) is 0 Å². The summed E-state index contributed by atoms with van der Waals surface area (Å²) in [6, 6.07) is 8.61. The smallest absolute Gasteiger partial charge is 0.247 e. The Balaban J connectivity index is 1.97. The van der Waals surface area contributed by atoms with Crippen LogP contribution in [-0.2, 0) is 11.2 Å². The first-order chi connectivity index (χ1) is 9.12. The number of nitrogens with one attached hydrogen (secondary N) is 1. The molecule has 2 aliphatic heterocycles. The summed E-state index contributed by atoms with van der Waals surface area (Å²) in [6.07, 6.45) is 4.16. The zero-order valence-electron chi connectivity index (χ0n) is 11.8. The molecule has 1 saturated heterocycles. The molecule has 1 aromatic rings. The van der Waals surface area contributed by atoms with Crippen molar-refractivity contribution < 1.29 is 4.79 Å². The Morgan fingerprint density at radius 3 is 2.95 bits per heavy atom. The van der Waals surface area contributed by atoms with Gasteiger partial charge in [-0.3, -0.25) is 4.79 Å². The molecule has 0 spiro atoms. The molecule has 1 amide bonds. The van der Waals surface area contributed by atoms with E-state index < -0.39 is 0 Å². The quantitative estimate of drug-likeness (QED) is 0.839. The van der Waals surface area contributed by atoms with Crippen LogP contribution in [0.5, 0.6) is 0 Å². The lowest BCUT2D eigenvalue weighted by atomic mass is 9.91. The normalized spacial score (nSPS) is 30.2. The van der Waals surface area contributed by atoms with Crippen molar-refractivity contribution in [1.29, 1.82) is 0 Å². The number of benzene rings is 1. The van der Waals surface area contributed by atoms with E-state index in [9.17, 15) is 4.79 Å². The minimum absolute atomic E-state index is 0.240. The number of para-hydroxylation sites is 1. The van der Waals surface area contributed by atoms with Gasteiger partial charge in [-0.15, -0.1) is 0 Å². The van der Waals surface area contributed by atoms with E-state index in [1.54, 1.807) is 0 Å². The van der Waals surface area contributed by atoms with Crippen LogP contribution in [0.1, 0.15) is 38.7 Å². The van der Waals surface area contributed by atoms with Crippen molar-refractivity contribution in [2.24, 2.45) is 0 Å². The Morgan fingerprint density at radius 1 is 1.42 bits per heavy atom. The molecule has 2 aliphatic rings. The van der Waals surface area contributed by atoms with Crippen LogP contribution in [0.2, 0.25) is 0 Å². The topological polar surface area (TPSA) is 32.3 Å². The lowest BCUT2D eigenvalue weighted by Gasteiger charge is -2.40. The van der Waals surface area contributed by atoms with Crippen LogP contribution in [0.4, 0.5) is 5.69 Å². The van der Waals surface area contributed by atoms with Crippen LogP contribution < -0.4 is 10.2 Å². The maximum Gasteiger partial charge on any atom is 0.247 e. The van der Waals surface area contributed by atoms with Gasteiger partial charge < -0.3 is 10.2 Å². The second-order valence-corrected chi connectivity index (χ2v) is 6.05. The van der Waals surface area contributed by atoms with Gasteiger partial charge in [-0.25, -0.2) is 0 Å². The average Bonchev–Trinajstić information content (AvgIpc) is 2.86. The minimum atomic E-state index is -0.376. The van der Waals surface area contributed by atoms with Crippen molar-refractivity contribution in [3.05, 3.63) is 29.8 Å². The van der Waals surface area contributed by atoms with E-state index in [0.717, 1.165) is 37.9 Å². The van der Waals surface area contributed by atoms with Gasteiger partial charge >= 0.3 is 0 Å². The highest BCUT2D eigenvalue weighted by Gasteiger charge is 2.42. The Hall–Kier alpha value is -1.35. The summed E-state index contributed by atoms with van der Waals surface area (Å²) < 4.78 is 0. The second-order valence-electron chi connectivity index (χ2n) is 6.05. The zero-order chi connectivity index (χ0) is 13.5. The first kappa shape index (κ1) is 12.7. The Morgan fingerprint density at radius 2 is 2.21 bits per heavy atom. The van der Waals surface area contributed by atoms with Crippen molar-refractivity contribution in [3.63, 3.8) is 0 Å². The number of carbonyl (C=O) groups is 1. The van der Waals surface area contributed by atoms with Crippen LogP contribution in [0.3, 0.4) is 0 Å². The molecule has 102 valence electrons. The summed E-state index contributed by atoms with van der Waals surface area (Å²) in [5, 5.41) is 3.39. The minimum Gasteiger partial charge on any atom is -0.308 e. The predicted molar refractivity (Wildman–Crippen MR) is 77.4 cm³/mol. The first-order valence-electron chi connectivity index (χ1n) is 7.28. The highest BCUT2D eigenvalue weighted by atomic mass is 16.2. The fourth-order valence-corrected chi connectivity index (χ4v) is 3.34. The summed E-state index contributed by atoms with van der Waals surface area (Å²) in [5.74, 6) is 0.240. The molecule has 2 atom stereocenters. The standard InChI is InChI=1S/C16H22N2O/c1-12-8-9-13-6-3-4-7-14(13)18(12)15(19)16(2)10-5-11-17-16/h3-4,6-7,12,17H,5,8-11H2,1-2H3. The summed E-state index contributed by atoms with van der Waals surface area (Å²) in [6.45, 7) is 5.16. The van der Waals surface area contributed by atoms with E-state index in [1.165, 1.54) is 5.56 Å². The molecule has 2 unspecified atom stereocenters. The Labute approximate surface area is 115 Å². The van der Waals surface area contributed by atoms with Gasteiger partial charge in [0.25, 0.3) is 0 Å².